The summed E-state index contributed by atoms with van der Waals surface area (Å²) in [6, 6.07) is 21.6. The second kappa shape index (κ2) is 4.88. The summed E-state index contributed by atoms with van der Waals surface area (Å²) >= 11 is 0. The summed E-state index contributed by atoms with van der Waals surface area (Å²) in [6.07, 6.45) is 1.89. The number of hydrogen-bond acceptors (Lipinski definition) is 1. The van der Waals surface area contributed by atoms with Crippen molar-refractivity contribution in [1.29, 1.82) is 0 Å². The lowest BCUT2D eigenvalue weighted by Gasteiger charge is -2.07. The van der Waals surface area contributed by atoms with Crippen LogP contribution in [0.4, 0.5) is 0 Å². The molecule has 0 N–H and O–H groups in total. The zero-order chi connectivity index (χ0) is 15.1. The molecule has 4 aromatic rings. The summed E-state index contributed by atoms with van der Waals surface area (Å²) in [5.41, 5.74) is 1.15. The van der Waals surface area contributed by atoms with Crippen molar-refractivity contribution < 1.29 is 4.74 Å². The van der Waals surface area contributed by atoms with Crippen LogP contribution in [0.1, 0.15) is 5.56 Å². The number of rotatable bonds is 2. The quantitative estimate of drug-likeness (QED) is 0.423. The molecule has 0 spiro atoms. The van der Waals surface area contributed by atoms with Gasteiger partial charge in [-0.2, -0.15) is 0 Å². The minimum Gasteiger partial charge on any atom is -0.497 e. The highest BCUT2D eigenvalue weighted by Crippen LogP contribution is 2.29. The molecule has 0 fully saturated rings. The van der Waals surface area contributed by atoms with E-state index in [0.717, 1.165) is 11.3 Å². The molecule has 0 aliphatic heterocycles. The first-order chi connectivity index (χ1) is 10.8. The standard InChI is InChI=1S/C21H16O/c1-3-14-4-5-15-9-19-12-20-13-21(22-2)7-6-16(20)10-18(19)11-17(15)8-14/h3-13H,1H2,2H3. The van der Waals surface area contributed by atoms with E-state index < -0.39 is 0 Å². The molecule has 4 aromatic carbocycles. The van der Waals surface area contributed by atoms with Crippen molar-refractivity contribution in [2.75, 3.05) is 7.11 Å². The van der Waals surface area contributed by atoms with Crippen LogP contribution < -0.4 is 4.74 Å². The normalized spacial score (nSPS) is 11.1. The molecule has 0 bridgehead atoms. The molecule has 106 valence electrons. The molecule has 22 heavy (non-hydrogen) atoms. The van der Waals surface area contributed by atoms with Crippen LogP contribution in [0, 0.1) is 0 Å². The third kappa shape index (κ3) is 2.03. The largest absolute Gasteiger partial charge is 0.497 e. The Labute approximate surface area is 129 Å². The SMILES string of the molecule is C=Cc1ccc2cc3cc4cc(OC)ccc4cc3cc2c1. The summed E-state index contributed by atoms with van der Waals surface area (Å²) in [5.74, 6) is 0.892. The Morgan fingerprint density at radius 2 is 1.23 bits per heavy atom. The summed E-state index contributed by atoms with van der Waals surface area (Å²) in [5, 5.41) is 7.44. The number of ether oxygens (including phenoxy) is 1. The monoisotopic (exact) mass is 284 g/mol. The maximum Gasteiger partial charge on any atom is 0.119 e. The van der Waals surface area contributed by atoms with E-state index in [1.807, 2.05) is 12.1 Å². The van der Waals surface area contributed by atoms with E-state index in [9.17, 15) is 0 Å². The van der Waals surface area contributed by atoms with Gasteiger partial charge in [0.25, 0.3) is 0 Å². The minimum atomic E-state index is 0.892. The van der Waals surface area contributed by atoms with E-state index in [4.69, 9.17) is 4.74 Å². The zero-order valence-electron chi connectivity index (χ0n) is 12.5. The predicted octanol–water partition coefficient (Wildman–Crippen LogP) is 5.80. The molecule has 1 nitrogen and oxygen atoms in total. The van der Waals surface area contributed by atoms with E-state index in [0.29, 0.717) is 0 Å². The van der Waals surface area contributed by atoms with Crippen molar-refractivity contribution in [3.8, 4) is 5.75 Å². The molecule has 0 aromatic heterocycles. The van der Waals surface area contributed by atoms with Crippen molar-refractivity contribution in [3.05, 3.63) is 72.8 Å². The van der Waals surface area contributed by atoms with Gasteiger partial charge in [0.05, 0.1) is 7.11 Å². The van der Waals surface area contributed by atoms with Gasteiger partial charge in [0.2, 0.25) is 0 Å². The Morgan fingerprint density at radius 3 is 1.86 bits per heavy atom. The molecule has 1 heteroatoms. The fourth-order valence-corrected chi connectivity index (χ4v) is 3.00. The first kappa shape index (κ1) is 12.9. The van der Waals surface area contributed by atoms with Gasteiger partial charge in [-0.25, -0.2) is 0 Å². The van der Waals surface area contributed by atoms with Gasteiger partial charge in [-0.15, -0.1) is 0 Å². The van der Waals surface area contributed by atoms with Crippen LogP contribution in [0.3, 0.4) is 0 Å². The fourth-order valence-electron chi connectivity index (χ4n) is 3.00. The average molecular weight is 284 g/mol. The van der Waals surface area contributed by atoms with Crippen molar-refractivity contribution in [2.45, 2.75) is 0 Å². The van der Waals surface area contributed by atoms with Gasteiger partial charge in [0.15, 0.2) is 0 Å². The van der Waals surface area contributed by atoms with E-state index in [1.54, 1.807) is 7.11 Å². The molecule has 0 radical (unpaired) electrons. The van der Waals surface area contributed by atoms with Crippen LogP contribution in [0.2, 0.25) is 0 Å². The van der Waals surface area contributed by atoms with Crippen LogP contribution in [0.15, 0.2) is 67.2 Å². The van der Waals surface area contributed by atoms with Crippen LogP contribution in [-0.4, -0.2) is 7.11 Å². The molecule has 0 heterocycles. The second-order valence-corrected chi connectivity index (χ2v) is 5.58. The molecular weight excluding hydrogens is 268 g/mol. The summed E-state index contributed by atoms with van der Waals surface area (Å²) < 4.78 is 5.32. The van der Waals surface area contributed by atoms with Gasteiger partial charge >= 0.3 is 0 Å². The van der Waals surface area contributed by atoms with E-state index in [-0.39, 0.29) is 0 Å². The summed E-state index contributed by atoms with van der Waals surface area (Å²) in [7, 11) is 1.70. The maximum absolute atomic E-state index is 5.32. The Morgan fingerprint density at radius 1 is 0.682 bits per heavy atom. The van der Waals surface area contributed by atoms with Crippen LogP contribution in [0.5, 0.6) is 5.75 Å². The Bertz CT molecular complexity index is 1030. The molecule has 0 saturated carbocycles. The Balaban J connectivity index is 2.04. The summed E-state index contributed by atoms with van der Waals surface area (Å²) in [4.78, 5) is 0. The van der Waals surface area contributed by atoms with Crippen molar-refractivity contribution >= 4 is 38.4 Å². The van der Waals surface area contributed by atoms with Gasteiger partial charge in [-0.3, -0.25) is 0 Å². The van der Waals surface area contributed by atoms with Crippen molar-refractivity contribution in [1.82, 2.24) is 0 Å². The molecule has 0 amide bonds. The second-order valence-electron chi connectivity index (χ2n) is 5.58. The minimum absolute atomic E-state index is 0.892. The lowest BCUT2D eigenvalue weighted by molar-refractivity contribution is 0.415. The van der Waals surface area contributed by atoms with E-state index in [1.165, 1.54) is 32.3 Å². The Kier molecular flexibility index (Phi) is 2.87. The summed E-state index contributed by atoms with van der Waals surface area (Å²) in [6.45, 7) is 3.85. The van der Waals surface area contributed by atoms with E-state index in [2.05, 4.69) is 61.2 Å². The molecular formula is C21H16O. The highest BCUT2D eigenvalue weighted by molar-refractivity contribution is 6.05. The molecule has 0 saturated heterocycles. The Hall–Kier alpha value is -2.80. The van der Waals surface area contributed by atoms with Gasteiger partial charge in [0.1, 0.15) is 5.75 Å². The molecule has 0 aliphatic carbocycles. The lowest BCUT2D eigenvalue weighted by atomic mass is 9.98. The number of fused-ring (bicyclic) bond motifs is 3. The predicted molar refractivity (Wildman–Crippen MR) is 95.6 cm³/mol. The average Bonchev–Trinajstić information content (AvgIpc) is 2.57. The highest BCUT2D eigenvalue weighted by atomic mass is 16.5. The van der Waals surface area contributed by atoms with Gasteiger partial charge < -0.3 is 4.74 Å². The van der Waals surface area contributed by atoms with Crippen molar-refractivity contribution in [2.24, 2.45) is 0 Å². The van der Waals surface area contributed by atoms with Crippen molar-refractivity contribution in [3.63, 3.8) is 0 Å². The zero-order valence-corrected chi connectivity index (χ0v) is 12.5. The van der Waals surface area contributed by atoms with Gasteiger partial charge in [-0.1, -0.05) is 30.9 Å². The highest BCUT2D eigenvalue weighted by Gasteiger charge is 2.03. The number of benzene rings is 4. The van der Waals surface area contributed by atoms with Crippen LogP contribution in [0.25, 0.3) is 38.4 Å². The van der Waals surface area contributed by atoms with Crippen LogP contribution >= 0.6 is 0 Å². The van der Waals surface area contributed by atoms with Gasteiger partial charge in [-0.05, 0) is 80.3 Å². The topological polar surface area (TPSA) is 9.23 Å². The van der Waals surface area contributed by atoms with E-state index >= 15 is 0 Å². The van der Waals surface area contributed by atoms with Gasteiger partial charge in [0, 0.05) is 0 Å². The third-order valence-electron chi connectivity index (χ3n) is 4.22. The molecule has 0 unspecified atom stereocenters. The third-order valence-corrected chi connectivity index (χ3v) is 4.22. The first-order valence-electron chi connectivity index (χ1n) is 7.34. The van der Waals surface area contributed by atoms with Crippen LogP contribution in [-0.2, 0) is 0 Å². The number of hydrogen-bond donors (Lipinski definition) is 0. The smallest absolute Gasteiger partial charge is 0.119 e. The fraction of sp³-hybridized carbons (Fsp3) is 0.0476. The lowest BCUT2D eigenvalue weighted by Crippen LogP contribution is -1.83. The number of methoxy groups -OCH3 is 1. The molecule has 0 atom stereocenters. The maximum atomic E-state index is 5.32. The first-order valence-corrected chi connectivity index (χ1v) is 7.34. The molecule has 4 rings (SSSR count). The molecule has 0 aliphatic rings.